The summed E-state index contributed by atoms with van der Waals surface area (Å²) in [5, 5.41) is 0. The number of carbonyl (C=O) groups excluding carboxylic acids is 3. The van der Waals surface area contributed by atoms with Gasteiger partial charge in [-0.3, -0.25) is 9.59 Å². The van der Waals surface area contributed by atoms with Crippen molar-refractivity contribution in [1.29, 1.82) is 0 Å². The van der Waals surface area contributed by atoms with Gasteiger partial charge in [0.15, 0.2) is 0 Å². The number of esters is 2. The van der Waals surface area contributed by atoms with Gasteiger partial charge >= 0.3 is 18.0 Å². The number of carbonyl (C=O) groups is 3. The maximum Gasteiger partial charge on any atom is 0.410 e. The van der Waals surface area contributed by atoms with Crippen molar-refractivity contribution >= 4 is 18.0 Å². The van der Waals surface area contributed by atoms with Crippen LogP contribution in [-0.2, 0) is 23.8 Å². The molecule has 1 aliphatic carbocycles. The van der Waals surface area contributed by atoms with Gasteiger partial charge in [0.1, 0.15) is 5.60 Å². The Morgan fingerprint density at radius 2 is 1.34 bits per heavy atom. The fourth-order valence-electron chi connectivity index (χ4n) is 3.52. The molecule has 0 radical (unpaired) electrons. The van der Waals surface area contributed by atoms with Crippen LogP contribution < -0.4 is 0 Å². The molecule has 1 amide bonds. The first-order valence-electron chi connectivity index (χ1n) is 11.0. The van der Waals surface area contributed by atoms with Crippen molar-refractivity contribution < 1.29 is 28.6 Å². The van der Waals surface area contributed by atoms with E-state index < -0.39 is 5.60 Å². The third-order valence-electron chi connectivity index (χ3n) is 4.92. The molecule has 0 spiro atoms. The van der Waals surface area contributed by atoms with E-state index in [4.69, 9.17) is 14.2 Å². The molecule has 2 aliphatic rings. The van der Waals surface area contributed by atoms with E-state index in [1.54, 1.807) is 11.8 Å². The van der Waals surface area contributed by atoms with Crippen LogP contribution in [0.3, 0.4) is 0 Å². The predicted molar refractivity (Wildman–Crippen MR) is 110 cm³/mol. The molecule has 0 bridgehead atoms. The maximum absolute atomic E-state index is 11.9. The molecule has 7 nitrogen and oxygen atoms in total. The number of likely N-dealkylation sites (tertiary alicyclic amines) is 1. The Balaban J connectivity index is 0.000000326. The summed E-state index contributed by atoms with van der Waals surface area (Å²) in [5.41, 5.74) is -0.506. The van der Waals surface area contributed by atoms with Crippen LogP contribution >= 0.6 is 0 Å². The first-order chi connectivity index (χ1) is 13.7. The van der Waals surface area contributed by atoms with Crippen LogP contribution in [-0.4, -0.2) is 54.8 Å². The monoisotopic (exact) mass is 413 g/mol. The zero-order valence-electron chi connectivity index (χ0n) is 18.8. The summed E-state index contributed by atoms with van der Waals surface area (Å²) in [4.78, 5) is 36.3. The lowest BCUT2D eigenvalue weighted by molar-refractivity contribution is -0.150. The third-order valence-corrected chi connectivity index (χ3v) is 4.92. The lowest BCUT2D eigenvalue weighted by atomic mass is 9.89. The van der Waals surface area contributed by atoms with Crippen LogP contribution in [0.5, 0.6) is 0 Å². The van der Waals surface area contributed by atoms with Gasteiger partial charge in [-0.25, -0.2) is 4.79 Å². The second kappa shape index (κ2) is 12.7. The molecule has 168 valence electrons. The number of rotatable bonds is 4. The van der Waals surface area contributed by atoms with Crippen molar-refractivity contribution in [1.82, 2.24) is 4.90 Å². The summed E-state index contributed by atoms with van der Waals surface area (Å²) in [7, 11) is 0. The lowest BCUT2D eigenvalue weighted by Gasteiger charge is -2.33. The van der Waals surface area contributed by atoms with E-state index in [0.29, 0.717) is 26.3 Å². The van der Waals surface area contributed by atoms with E-state index in [0.717, 1.165) is 25.7 Å². The minimum atomic E-state index is -0.506. The van der Waals surface area contributed by atoms with Crippen molar-refractivity contribution in [2.24, 2.45) is 11.8 Å². The Morgan fingerprint density at radius 3 is 1.86 bits per heavy atom. The molecule has 2 rings (SSSR count). The van der Waals surface area contributed by atoms with E-state index in [1.807, 2.05) is 27.7 Å². The molecule has 0 N–H and O–H groups in total. The second-order valence-electron chi connectivity index (χ2n) is 8.60. The van der Waals surface area contributed by atoms with Gasteiger partial charge < -0.3 is 19.1 Å². The minimum absolute atomic E-state index is 0.0206. The fraction of sp³-hybridized carbons (Fsp3) is 0.864. The Labute approximate surface area is 175 Å². The third kappa shape index (κ3) is 9.99. The standard InChI is InChI=1S/C13H23NO4.C9H16O2/c1-5-17-11(15)10-7-6-8-14(9-10)12(16)18-13(2,3)4;1-2-11-9(10)8-6-4-3-5-7-8/h10H,5-9H2,1-4H3;8H,2-7H2,1H3/t10-;/m1./s1. The smallest absolute Gasteiger partial charge is 0.410 e. The summed E-state index contributed by atoms with van der Waals surface area (Å²) in [6.45, 7) is 11.1. The second-order valence-corrected chi connectivity index (χ2v) is 8.60. The Hall–Kier alpha value is -1.79. The van der Waals surface area contributed by atoms with E-state index in [9.17, 15) is 14.4 Å². The lowest BCUT2D eigenvalue weighted by Crippen LogP contribution is -2.45. The number of nitrogens with zero attached hydrogens (tertiary/aromatic N) is 1. The summed E-state index contributed by atoms with van der Waals surface area (Å²) in [5.74, 6) is -0.201. The van der Waals surface area contributed by atoms with Crippen LogP contribution in [0.4, 0.5) is 4.79 Å². The van der Waals surface area contributed by atoms with Crippen molar-refractivity contribution in [3.05, 3.63) is 0 Å². The normalized spacial score (nSPS) is 20.2. The van der Waals surface area contributed by atoms with Gasteiger partial charge in [-0.05, 0) is 60.3 Å². The average Bonchev–Trinajstić information content (AvgIpc) is 2.68. The van der Waals surface area contributed by atoms with Crippen LogP contribution in [0, 0.1) is 11.8 Å². The highest BCUT2D eigenvalue weighted by atomic mass is 16.6. The quantitative estimate of drug-likeness (QED) is 0.504. The summed E-state index contributed by atoms with van der Waals surface area (Å²) >= 11 is 0. The van der Waals surface area contributed by atoms with Crippen molar-refractivity contribution in [2.45, 2.75) is 85.2 Å². The zero-order valence-corrected chi connectivity index (χ0v) is 18.8. The maximum atomic E-state index is 11.9. The topological polar surface area (TPSA) is 82.1 Å². The molecule has 1 heterocycles. The van der Waals surface area contributed by atoms with Gasteiger partial charge in [-0.1, -0.05) is 19.3 Å². The minimum Gasteiger partial charge on any atom is -0.466 e. The molecule has 0 aromatic carbocycles. The molecular formula is C22H39NO6. The molecule has 0 aromatic heterocycles. The highest BCUT2D eigenvalue weighted by molar-refractivity contribution is 5.75. The molecule has 2 fully saturated rings. The summed E-state index contributed by atoms with van der Waals surface area (Å²) < 4.78 is 15.2. The largest absolute Gasteiger partial charge is 0.466 e. The van der Waals surface area contributed by atoms with Crippen molar-refractivity contribution in [3.63, 3.8) is 0 Å². The summed E-state index contributed by atoms with van der Waals surface area (Å²) in [6, 6.07) is 0. The van der Waals surface area contributed by atoms with Gasteiger partial charge in [0, 0.05) is 13.1 Å². The van der Waals surface area contributed by atoms with E-state index in [-0.39, 0.29) is 29.9 Å². The highest BCUT2D eigenvalue weighted by Crippen LogP contribution is 2.24. The van der Waals surface area contributed by atoms with Crippen molar-refractivity contribution in [3.8, 4) is 0 Å². The molecule has 1 atom stereocenters. The molecular weight excluding hydrogens is 374 g/mol. The van der Waals surface area contributed by atoms with Gasteiger partial charge in [-0.15, -0.1) is 0 Å². The van der Waals surface area contributed by atoms with Crippen molar-refractivity contribution in [2.75, 3.05) is 26.3 Å². The van der Waals surface area contributed by atoms with Crippen LogP contribution in [0.25, 0.3) is 0 Å². The molecule has 1 saturated heterocycles. The molecule has 7 heteroatoms. The number of piperidine rings is 1. The fourth-order valence-corrected chi connectivity index (χ4v) is 3.52. The number of hydrogen-bond donors (Lipinski definition) is 0. The number of amides is 1. The van der Waals surface area contributed by atoms with Gasteiger partial charge in [0.05, 0.1) is 25.0 Å². The van der Waals surface area contributed by atoms with E-state index in [1.165, 1.54) is 19.3 Å². The highest BCUT2D eigenvalue weighted by Gasteiger charge is 2.31. The van der Waals surface area contributed by atoms with Crippen LogP contribution in [0.15, 0.2) is 0 Å². The average molecular weight is 414 g/mol. The van der Waals surface area contributed by atoms with Gasteiger partial charge in [0.2, 0.25) is 0 Å². The molecule has 1 aliphatic heterocycles. The zero-order chi connectivity index (χ0) is 21.9. The Kier molecular flexibility index (Phi) is 11.1. The van der Waals surface area contributed by atoms with Crippen LogP contribution in [0.2, 0.25) is 0 Å². The Bertz CT molecular complexity index is 522. The summed E-state index contributed by atoms with van der Waals surface area (Å²) in [6.07, 6.45) is 7.00. The SMILES string of the molecule is CCOC(=O)C1CCCCC1.CCOC(=O)[C@@H]1CCCN(C(=O)OC(C)(C)C)C1. The molecule has 1 saturated carbocycles. The van der Waals surface area contributed by atoms with Crippen LogP contribution in [0.1, 0.15) is 79.6 Å². The first-order valence-corrected chi connectivity index (χ1v) is 11.0. The number of ether oxygens (including phenoxy) is 3. The first kappa shape index (κ1) is 25.2. The predicted octanol–water partition coefficient (Wildman–Crippen LogP) is 4.33. The molecule has 29 heavy (non-hydrogen) atoms. The Morgan fingerprint density at radius 1 is 0.828 bits per heavy atom. The van der Waals surface area contributed by atoms with E-state index in [2.05, 4.69) is 0 Å². The van der Waals surface area contributed by atoms with E-state index >= 15 is 0 Å². The van der Waals surface area contributed by atoms with Gasteiger partial charge in [0.25, 0.3) is 0 Å². The molecule has 0 aromatic rings. The number of hydrogen-bond acceptors (Lipinski definition) is 6. The molecule has 0 unspecified atom stereocenters. The van der Waals surface area contributed by atoms with Gasteiger partial charge in [-0.2, -0.15) is 0 Å².